The molecule has 0 saturated heterocycles. The number of carbonyl (C=O) groups excluding carboxylic acids is 1. The van der Waals surface area contributed by atoms with Crippen LogP contribution >= 0.6 is 23.1 Å². The van der Waals surface area contributed by atoms with Gasteiger partial charge in [-0.3, -0.25) is 0 Å². The number of benzene rings is 2. The van der Waals surface area contributed by atoms with Crippen molar-refractivity contribution in [2.24, 2.45) is 5.41 Å². The smallest absolute Gasteiger partial charge is 0.399 e. The Balaban J connectivity index is 1.51. The lowest BCUT2D eigenvalue weighted by Gasteiger charge is -2.25. The fourth-order valence-electron chi connectivity index (χ4n) is 4.60. The molecule has 0 aliphatic carbocycles. The van der Waals surface area contributed by atoms with Crippen molar-refractivity contribution in [1.29, 1.82) is 0 Å². The van der Waals surface area contributed by atoms with Gasteiger partial charge in [0, 0.05) is 15.0 Å². The van der Waals surface area contributed by atoms with E-state index in [9.17, 15) is 4.79 Å². The van der Waals surface area contributed by atoms with E-state index in [1.807, 2.05) is 17.8 Å². The van der Waals surface area contributed by atoms with Gasteiger partial charge in [0.1, 0.15) is 0 Å². The minimum absolute atomic E-state index is 0.128. The molecule has 1 amide bonds. The number of ether oxygens (including phenoxy) is 1. The van der Waals surface area contributed by atoms with Crippen LogP contribution in [0.4, 0.5) is 4.79 Å². The summed E-state index contributed by atoms with van der Waals surface area (Å²) in [5.41, 5.74) is 6.70. The van der Waals surface area contributed by atoms with Gasteiger partial charge in [0.15, 0.2) is 10.9 Å². The molecule has 0 aliphatic rings. The Morgan fingerprint density at radius 2 is 1.70 bits per heavy atom. The predicted molar refractivity (Wildman–Crippen MR) is 164 cm³/mol. The van der Waals surface area contributed by atoms with Gasteiger partial charge >= 0.3 is 6.09 Å². The van der Waals surface area contributed by atoms with E-state index in [4.69, 9.17) is 4.74 Å². The molecule has 4 rings (SSSR count). The first kappa shape index (κ1) is 29.8. The third-order valence-corrected chi connectivity index (χ3v) is 8.95. The Kier molecular flexibility index (Phi) is 9.05. The van der Waals surface area contributed by atoms with Crippen LogP contribution in [0.1, 0.15) is 80.6 Å². The third kappa shape index (κ3) is 7.95. The Morgan fingerprint density at radius 3 is 2.27 bits per heavy atom. The van der Waals surface area contributed by atoms with Crippen LogP contribution in [0.25, 0.3) is 11.1 Å². The molecule has 4 aromatic rings. The number of amides is 1. The number of aromatic nitrogens is 4. The predicted octanol–water partition coefficient (Wildman–Crippen LogP) is 8.40. The molecule has 2 aromatic carbocycles. The topological polar surface area (TPSA) is 92.8 Å². The second-order valence-corrected chi connectivity index (χ2v) is 14.7. The molecule has 2 N–H and O–H groups in total. The van der Waals surface area contributed by atoms with Gasteiger partial charge in [-0.15, -0.1) is 33.3 Å². The van der Waals surface area contributed by atoms with Gasteiger partial charge < -0.3 is 10.1 Å². The van der Waals surface area contributed by atoms with Crippen molar-refractivity contribution in [2.45, 2.75) is 83.9 Å². The van der Waals surface area contributed by atoms with Crippen LogP contribution in [0.15, 0.2) is 53.4 Å². The number of rotatable bonds is 8. The van der Waals surface area contributed by atoms with E-state index in [1.54, 1.807) is 0 Å². The summed E-state index contributed by atoms with van der Waals surface area (Å²) in [7, 11) is 0. The first-order valence-electron chi connectivity index (χ1n) is 13.4. The maximum Gasteiger partial charge on any atom is 0.413 e. The molecule has 0 fully saturated rings. The average Bonchev–Trinajstić information content (AvgIpc) is 3.53. The highest BCUT2D eigenvalue weighted by atomic mass is 32.2. The summed E-state index contributed by atoms with van der Waals surface area (Å²) in [5, 5.41) is 16.9. The van der Waals surface area contributed by atoms with Crippen molar-refractivity contribution in [2.75, 3.05) is 0 Å². The summed E-state index contributed by atoms with van der Waals surface area (Å²) in [4.78, 5) is 14.7. The molecule has 2 heterocycles. The number of H-pyrrole nitrogens is 1. The highest BCUT2D eigenvalue weighted by molar-refractivity contribution is 7.99. The number of tetrazole rings is 1. The summed E-state index contributed by atoms with van der Waals surface area (Å²) in [6.45, 7) is 18.1. The molecule has 40 heavy (non-hydrogen) atoms. The van der Waals surface area contributed by atoms with Crippen molar-refractivity contribution in [3.05, 3.63) is 75.9 Å². The Morgan fingerprint density at radius 1 is 1.02 bits per heavy atom. The lowest BCUT2D eigenvalue weighted by Crippen LogP contribution is -2.26. The number of nitrogens with zero attached hydrogens (tertiary/aromatic N) is 3. The van der Waals surface area contributed by atoms with Crippen LogP contribution in [0.5, 0.6) is 5.06 Å². The Hall–Kier alpha value is -3.17. The Labute approximate surface area is 245 Å². The van der Waals surface area contributed by atoms with Gasteiger partial charge in [0.25, 0.3) is 0 Å². The van der Waals surface area contributed by atoms with Crippen LogP contribution in [-0.4, -0.2) is 26.7 Å². The van der Waals surface area contributed by atoms with E-state index in [0.29, 0.717) is 10.9 Å². The zero-order valence-corrected chi connectivity index (χ0v) is 26.2. The summed E-state index contributed by atoms with van der Waals surface area (Å²) >= 11 is 3.39. The van der Waals surface area contributed by atoms with Gasteiger partial charge in [0.05, 0.1) is 6.54 Å². The number of hydrogen-bond acceptors (Lipinski definition) is 7. The summed E-state index contributed by atoms with van der Waals surface area (Å²) in [6, 6.07) is 17.5. The molecule has 0 saturated carbocycles. The first-order valence-corrected chi connectivity index (χ1v) is 15.1. The lowest BCUT2D eigenvalue weighted by atomic mass is 9.85. The minimum Gasteiger partial charge on any atom is -0.399 e. The van der Waals surface area contributed by atoms with Crippen molar-refractivity contribution < 1.29 is 9.53 Å². The second-order valence-electron chi connectivity index (χ2n) is 12.4. The van der Waals surface area contributed by atoms with Gasteiger partial charge in [-0.2, -0.15) is 5.21 Å². The third-order valence-electron chi connectivity index (χ3n) is 6.51. The quantitative estimate of drug-likeness (QED) is 0.204. The molecule has 1 atom stereocenters. The maximum atomic E-state index is 12.3. The monoisotopic (exact) mass is 577 g/mol. The van der Waals surface area contributed by atoms with E-state index < -0.39 is 6.09 Å². The number of aryl methyl sites for hydroxylation is 2. The van der Waals surface area contributed by atoms with Crippen molar-refractivity contribution in [3.63, 3.8) is 0 Å². The highest BCUT2D eigenvalue weighted by Crippen LogP contribution is 2.47. The number of carbonyl (C=O) groups is 1. The standard InChI is InChI=1S/C31H39N5O2S2/c1-19-15-23(16-20(2)28(19)21-9-11-22(12-10-21)31(6,7)8)39-25(17-30(3,4)5)24-13-14-27(40-24)38-29(37)32-18-26-33-35-36-34-26/h9-16,25H,17-18H2,1-8H3,(H,32,37)(H,33,34,35,36). The highest BCUT2D eigenvalue weighted by Gasteiger charge is 2.24. The lowest BCUT2D eigenvalue weighted by molar-refractivity contribution is 0.201. The van der Waals surface area contributed by atoms with Gasteiger partial charge in [-0.05, 0) is 83.2 Å². The van der Waals surface area contributed by atoms with Crippen molar-refractivity contribution >= 4 is 29.2 Å². The normalized spacial score (nSPS) is 12.8. The van der Waals surface area contributed by atoms with E-state index in [-0.39, 0.29) is 22.6 Å². The zero-order chi connectivity index (χ0) is 29.1. The fraction of sp³-hybridized carbons (Fsp3) is 0.419. The summed E-state index contributed by atoms with van der Waals surface area (Å²) in [6.07, 6.45) is 0.436. The van der Waals surface area contributed by atoms with Crippen molar-refractivity contribution in [1.82, 2.24) is 25.9 Å². The van der Waals surface area contributed by atoms with Crippen LogP contribution in [0.3, 0.4) is 0 Å². The number of thiophene rings is 1. The van der Waals surface area contributed by atoms with E-state index in [2.05, 4.69) is 124 Å². The molecule has 9 heteroatoms. The largest absolute Gasteiger partial charge is 0.413 e. The van der Waals surface area contributed by atoms with E-state index in [0.717, 1.165) is 6.42 Å². The number of nitrogens with one attached hydrogen (secondary N) is 2. The second kappa shape index (κ2) is 12.1. The molecule has 0 radical (unpaired) electrons. The summed E-state index contributed by atoms with van der Waals surface area (Å²) < 4.78 is 5.53. The summed E-state index contributed by atoms with van der Waals surface area (Å²) in [5.74, 6) is 0.393. The molecule has 0 aliphatic heterocycles. The first-order chi connectivity index (χ1) is 18.8. The molecule has 2 aromatic heterocycles. The number of thioether (sulfide) groups is 1. The molecule has 1 unspecified atom stereocenters. The zero-order valence-electron chi connectivity index (χ0n) is 24.6. The SMILES string of the molecule is Cc1cc(SC(CC(C)(C)C)c2ccc(OC(=O)NCc3nn[nH]n3)s2)cc(C)c1-c1ccc(C(C)(C)C)cc1. The van der Waals surface area contributed by atoms with Crippen molar-refractivity contribution in [3.8, 4) is 16.2 Å². The van der Waals surface area contributed by atoms with E-state index in [1.165, 1.54) is 48.9 Å². The van der Waals surface area contributed by atoms with Gasteiger partial charge in [-0.1, -0.05) is 71.0 Å². The molecular formula is C31H39N5O2S2. The average molecular weight is 578 g/mol. The van der Waals surface area contributed by atoms with Crippen LogP contribution in [-0.2, 0) is 12.0 Å². The molecule has 0 spiro atoms. The van der Waals surface area contributed by atoms with Crippen LogP contribution in [0.2, 0.25) is 0 Å². The molecule has 0 bridgehead atoms. The number of hydrogen-bond donors (Lipinski definition) is 2. The minimum atomic E-state index is -0.546. The number of aromatic amines is 1. The fourth-order valence-corrected chi connectivity index (χ4v) is 7.32. The van der Waals surface area contributed by atoms with Crippen LogP contribution < -0.4 is 10.1 Å². The Bertz CT molecular complexity index is 1410. The molecule has 7 nitrogen and oxygen atoms in total. The van der Waals surface area contributed by atoms with Gasteiger partial charge in [0.2, 0.25) is 0 Å². The van der Waals surface area contributed by atoms with Crippen LogP contribution in [0, 0.1) is 19.3 Å². The van der Waals surface area contributed by atoms with Gasteiger partial charge in [-0.25, -0.2) is 4.79 Å². The molecule has 212 valence electrons. The maximum absolute atomic E-state index is 12.3. The van der Waals surface area contributed by atoms with E-state index >= 15 is 0 Å². The molecular weight excluding hydrogens is 539 g/mol.